The fourth-order valence-electron chi connectivity index (χ4n) is 2.62. The van der Waals surface area contributed by atoms with Gasteiger partial charge in [0.25, 0.3) is 0 Å². The van der Waals surface area contributed by atoms with Crippen molar-refractivity contribution >= 4 is 17.2 Å². The van der Waals surface area contributed by atoms with Crippen LogP contribution >= 0.6 is 11.3 Å². The zero-order valence-electron chi connectivity index (χ0n) is 12.5. The first-order chi connectivity index (χ1) is 10.8. The van der Waals surface area contributed by atoms with Gasteiger partial charge in [0.2, 0.25) is 5.91 Å². The van der Waals surface area contributed by atoms with E-state index in [2.05, 4.69) is 16.4 Å². The summed E-state index contributed by atoms with van der Waals surface area (Å²) in [6, 6.07) is 3.71. The summed E-state index contributed by atoms with van der Waals surface area (Å²) in [5, 5.41) is 5.72. The van der Waals surface area contributed by atoms with Crippen molar-refractivity contribution < 1.29 is 9.21 Å². The number of thiazole rings is 1. The van der Waals surface area contributed by atoms with Crippen LogP contribution in [-0.2, 0) is 11.2 Å². The Balaban J connectivity index is 1.44. The number of hydrogen-bond acceptors (Lipinski definition) is 4. The summed E-state index contributed by atoms with van der Waals surface area (Å²) in [6.45, 7) is 0.722. The molecule has 0 aliphatic heterocycles. The third kappa shape index (κ3) is 4.07. The van der Waals surface area contributed by atoms with E-state index in [0.29, 0.717) is 6.42 Å². The Bertz CT molecular complexity index is 643. The highest BCUT2D eigenvalue weighted by molar-refractivity contribution is 7.13. The number of carbonyl (C=O) groups is 1. The second-order valence-electron chi connectivity index (χ2n) is 5.51. The lowest BCUT2D eigenvalue weighted by Gasteiger charge is -2.12. The number of aromatic nitrogens is 1. The average molecular weight is 316 g/mol. The summed E-state index contributed by atoms with van der Waals surface area (Å²) in [4.78, 5) is 16.4. The maximum atomic E-state index is 12.0. The van der Waals surface area contributed by atoms with Gasteiger partial charge in [-0.2, -0.15) is 0 Å². The molecule has 0 spiro atoms. The molecule has 2 aromatic heterocycles. The van der Waals surface area contributed by atoms with Crippen molar-refractivity contribution in [1.29, 1.82) is 0 Å². The largest absolute Gasteiger partial charge is 0.462 e. The van der Waals surface area contributed by atoms with Gasteiger partial charge in [0.05, 0.1) is 18.4 Å². The molecule has 4 nitrogen and oxygen atoms in total. The number of nitrogens with zero attached hydrogens (tertiary/aromatic N) is 1. The smallest absolute Gasteiger partial charge is 0.226 e. The zero-order chi connectivity index (χ0) is 15.2. The number of nitrogens with one attached hydrogen (secondary N) is 1. The van der Waals surface area contributed by atoms with E-state index in [4.69, 9.17) is 4.42 Å². The maximum absolute atomic E-state index is 12.0. The van der Waals surface area contributed by atoms with Crippen LogP contribution in [0.25, 0.3) is 10.8 Å². The van der Waals surface area contributed by atoms with Crippen LogP contribution in [-0.4, -0.2) is 17.4 Å². The molecule has 116 valence electrons. The number of furan rings is 1. The molecule has 0 unspecified atom stereocenters. The van der Waals surface area contributed by atoms with E-state index >= 15 is 0 Å². The summed E-state index contributed by atoms with van der Waals surface area (Å²) in [7, 11) is 0. The second-order valence-corrected chi connectivity index (χ2v) is 6.36. The van der Waals surface area contributed by atoms with Crippen molar-refractivity contribution in [3.63, 3.8) is 0 Å². The van der Waals surface area contributed by atoms with Crippen LogP contribution in [0.4, 0.5) is 0 Å². The van der Waals surface area contributed by atoms with Crippen LogP contribution in [0.15, 0.2) is 39.8 Å². The van der Waals surface area contributed by atoms with E-state index in [1.807, 2.05) is 17.5 Å². The summed E-state index contributed by atoms with van der Waals surface area (Å²) < 4.78 is 5.31. The van der Waals surface area contributed by atoms with Crippen LogP contribution in [0.2, 0.25) is 0 Å². The van der Waals surface area contributed by atoms with Gasteiger partial charge in [-0.1, -0.05) is 11.6 Å². The molecule has 1 aliphatic rings. The van der Waals surface area contributed by atoms with Gasteiger partial charge in [-0.05, 0) is 44.2 Å². The van der Waals surface area contributed by atoms with Gasteiger partial charge < -0.3 is 9.73 Å². The molecule has 22 heavy (non-hydrogen) atoms. The lowest BCUT2D eigenvalue weighted by atomic mass is 9.97. The van der Waals surface area contributed by atoms with E-state index in [1.165, 1.54) is 42.6 Å². The zero-order valence-corrected chi connectivity index (χ0v) is 13.3. The Morgan fingerprint density at radius 1 is 1.41 bits per heavy atom. The minimum Gasteiger partial charge on any atom is -0.462 e. The third-order valence-electron chi connectivity index (χ3n) is 3.78. The molecule has 0 saturated carbocycles. The van der Waals surface area contributed by atoms with Gasteiger partial charge >= 0.3 is 0 Å². The second kappa shape index (κ2) is 7.40. The molecule has 5 heteroatoms. The van der Waals surface area contributed by atoms with Crippen molar-refractivity contribution in [2.75, 3.05) is 6.54 Å². The Morgan fingerprint density at radius 2 is 2.36 bits per heavy atom. The molecule has 1 aliphatic carbocycles. The Labute approximate surface area is 134 Å². The Kier molecular flexibility index (Phi) is 5.06. The Morgan fingerprint density at radius 3 is 3.14 bits per heavy atom. The van der Waals surface area contributed by atoms with Crippen molar-refractivity contribution in [1.82, 2.24) is 10.3 Å². The first kappa shape index (κ1) is 15.0. The van der Waals surface area contributed by atoms with Crippen LogP contribution in [0, 0.1) is 0 Å². The quantitative estimate of drug-likeness (QED) is 0.821. The van der Waals surface area contributed by atoms with Crippen molar-refractivity contribution in [2.45, 2.75) is 38.5 Å². The molecule has 0 aromatic carbocycles. The number of amides is 1. The number of hydrogen-bond donors (Lipinski definition) is 1. The molecule has 0 atom stereocenters. The van der Waals surface area contributed by atoms with Crippen LogP contribution in [0.5, 0.6) is 0 Å². The molecular formula is C17H20N2O2S. The van der Waals surface area contributed by atoms with Crippen LogP contribution < -0.4 is 5.32 Å². The van der Waals surface area contributed by atoms with Crippen LogP contribution in [0.1, 0.15) is 37.8 Å². The van der Waals surface area contributed by atoms with Gasteiger partial charge in [-0.25, -0.2) is 4.98 Å². The molecule has 1 amide bonds. The first-order valence-corrected chi connectivity index (χ1v) is 8.62. The normalized spacial score (nSPS) is 14.6. The van der Waals surface area contributed by atoms with Gasteiger partial charge in [0, 0.05) is 11.9 Å². The van der Waals surface area contributed by atoms with E-state index in [-0.39, 0.29) is 5.91 Å². The molecule has 2 aromatic rings. The predicted octanol–water partition coefficient (Wildman–Crippen LogP) is 3.95. The summed E-state index contributed by atoms with van der Waals surface area (Å²) in [5.74, 6) is 0.786. The average Bonchev–Trinajstić information content (AvgIpc) is 3.19. The van der Waals surface area contributed by atoms with Crippen molar-refractivity contribution in [3.05, 3.63) is 41.1 Å². The lowest BCUT2D eigenvalue weighted by Crippen LogP contribution is -2.26. The van der Waals surface area contributed by atoms with E-state index < -0.39 is 0 Å². The molecule has 3 rings (SSSR count). The minimum absolute atomic E-state index is 0.0349. The SMILES string of the molecule is O=C(Cc1csc(-c2ccco2)n1)NCCC1=CCCCC1. The predicted molar refractivity (Wildman–Crippen MR) is 87.7 cm³/mol. The third-order valence-corrected chi connectivity index (χ3v) is 4.68. The lowest BCUT2D eigenvalue weighted by molar-refractivity contribution is -0.120. The topological polar surface area (TPSA) is 55.1 Å². The number of allylic oxidation sites excluding steroid dienone is 1. The minimum atomic E-state index is 0.0349. The summed E-state index contributed by atoms with van der Waals surface area (Å²) >= 11 is 1.50. The molecule has 0 bridgehead atoms. The monoisotopic (exact) mass is 316 g/mol. The Hall–Kier alpha value is -1.88. The van der Waals surface area contributed by atoms with Crippen LogP contribution in [0.3, 0.4) is 0 Å². The highest BCUT2D eigenvalue weighted by Gasteiger charge is 2.10. The van der Waals surface area contributed by atoms with Crippen molar-refractivity contribution in [3.8, 4) is 10.8 Å². The van der Waals surface area contributed by atoms with E-state index in [9.17, 15) is 4.79 Å². The number of carbonyl (C=O) groups excluding carboxylic acids is 1. The summed E-state index contributed by atoms with van der Waals surface area (Å²) in [6.07, 6.45) is 10.2. The van der Waals surface area contributed by atoms with E-state index in [1.54, 1.807) is 6.26 Å². The molecule has 0 radical (unpaired) electrons. The summed E-state index contributed by atoms with van der Waals surface area (Å²) in [5.41, 5.74) is 2.28. The first-order valence-electron chi connectivity index (χ1n) is 7.74. The van der Waals surface area contributed by atoms with Gasteiger partial charge in [-0.3, -0.25) is 4.79 Å². The highest BCUT2D eigenvalue weighted by atomic mass is 32.1. The van der Waals surface area contributed by atoms with Gasteiger partial charge in [0.15, 0.2) is 10.8 Å². The highest BCUT2D eigenvalue weighted by Crippen LogP contribution is 2.24. The van der Waals surface area contributed by atoms with Crippen molar-refractivity contribution in [2.24, 2.45) is 0 Å². The molecule has 1 N–H and O–H groups in total. The molecule has 0 saturated heterocycles. The van der Waals surface area contributed by atoms with Gasteiger partial charge in [0.1, 0.15) is 0 Å². The number of rotatable bonds is 6. The van der Waals surface area contributed by atoms with Gasteiger partial charge in [-0.15, -0.1) is 11.3 Å². The molecule has 0 fully saturated rings. The van der Waals surface area contributed by atoms with E-state index in [0.717, 1.165) is 29.4 Å². The fraction of sp³-hybridized carbons (Fsp3) is 0.412. The maximum Gasteiger partial charge on any atom is 0.226 e. The molecule has 2 heterocycles. The molecular weight excluding hydrogens is 296 g/mol. The standard InChI is InChI=1S/C17H20N2O2S/c20-16(18-9-8-13-5-2-1-3-6-13)11-14-12-22-17(19-14)15-7-4-10-21-15/h4-5,7,10,12H,1-3,6,8-9,11H2,(H,18,20). The fourth-order valence-corrected chi connectivity index (χ4v) is 3.41.